The Bertz CT molecular complexity index is 983. The predicted octanol–water partition coefficient (Wildman–Crippen LogP) is 4.05. The lowest BCUT2D eigenvalue weighted by atomic mass is 9.77. The SMILES string of the molecule is CCOC(=O)C1=C(O)CC2=C(C(=O)OC2)C1c1ccsc1Cc1ccccc1. The summed E-state index contributed by atoms with van der Waals surface area (Å²) in [5, 5.41) is 12.6. The van der Waals surface area contributed by atoms with Gasteiger partial charge in [0.05, 0.1) is 23.7 Å². The molecule has 5 nitrogen and oxygen atoms in total. The molecule has 28 heavy (non-hydrogen) atoms. The summed E-state index contributed by atoms with van der Waals surface area (Å²) in [7, 11) is 0. The topological polar surface area (TPSA) is 72.8 Å². The van der Waals surface area contributed by atoms with Gasteiger partial charge in [-0.25, -0.2) is 9.59 Å². The second-order valence-corrected chi connectivity index (χ2v) is 7.75. The number of thiophene rings is 1. The Balaban J connectivity index is 1.80. The van der Waals surface area contributed by atoms with Crippen LogP contribution in [0.1, 0.15) is 35.3 Å². The highest BCUT2D eigenvalue weighted by Crippen LogP contribution is 2.46. The van der Waals surface area contributed by atoms with E-state index in [4.69, 9.17) is 9.47 Å². The number of esters is 2. The Kier molecular flexibility index (Phi) is 5.05. The van der Waals surface area contributed by atoms with Crippen LogP contribution in [-0.4, -0.2) is 30.3 Å². The first-order chi connectivity index (χ1) is 13.6. The maximum absolute atomic E-state index is 12.7. The van der Waals surface area contributed by atoms with Crippen LogP contribution >= 0.6 is 11.3 Å². The number of carbonyl (C=O) groups excluding carboxylic acids is 2. The van der Waals surface area contributed by atoms with Crippen LogP contribution in [0.25, 0.3) is 0 Å². The fraction of sp³-hybridized carbons (Fsp3) is 0.273. The van der Waals surface area contributed by atoms with Gasteiger partial charge in [0.2, 0.25) is 0 Å². The van der Waals surface area contributed by atoms with E-state index in [2.05, 4.69) is 0 Å². The van der Waals surface area contributed by atoms with Crippen LogP contribution in [-0.2, 0) is 25.5 Å². The molecule has 1 N–H and O–H groups in total. The monoisotopic (exact) mass is 396 g/mol. The van der Waals surface area contributed by atoms with Gasteiger partial charge in [0.1, 0.15) is 12.4 Å². The van der Waals surface area contributed by atoms with Gasteiger partial charge in [0.25, 0.3) is 0 Å². The molecule has 144 valence electrons. The van der Waals surface area contributed by atoms with Gasteiger partial charge in [-0.1, -0.05) is 30.3 Å². The van der Waals surface area contributed by atoms with E-state index in [-0.39, 0.29) is 31.0 Å². The van der Waals surface area contributed by atoms with Gasteiger partial charge in [0.15, 0.2) is 0 Å². The lowest BCUT2D eigenvalue weighted by molar-refractivity contribution is -0.139. The fourth-order valence-electron chi connectivity index (χ4n) is 3.82. The number of hydrogen-bond acceptors (Lipinski definition) is 6. The zero-order valence-corrected chi connectivity index (χ0v) is 16.3. The van der Waals surface area contributed by atoms with Crippen LogP contribution in [0.4, 0.5) is 0 Å². The first-order valence-electron chi connectivity index (χ1n) is 9.18. The molecule has 1 unspecified atom stereocenters. The molecule has 1 aliphatic heterocycles. The van der Waals surface area contributed by atoms with Crippen molar-refractivity contribution in [1.29, 1.82) is 0 Å². The first kappa shape index (κ1) is 18.5. The second kappa shape index (κ2) is 7.64. The summed E-state index contributed by atoms with van der Waals surface area (Å²) in [4.78, 5) is 26.2. The number of aliphatic hydroxyl groups excluding tert-OH is 1. The third-order valence-corrected chi connectivity index (χ3v) is 5.98. The van der Waals surface area contributed by atoms with Crippen molar-refractivity contribution in [3.63, 3.8) is 0 Å². The van der Waals surface area contributed by atoms with E-state index in [0.717, 1.165) is 21.6 Å². The summed E-state index contributed by atoms with van der Waals surface area (Å²) < 4.78 is 10.4. The van der Waals surface area contributed by atoms with Crippen molar-refractivity contribution in [1.82, 2.24) is 0 Å². The number of rotatable bonds is 5. The number of carbonyl (C=O) groups is 2. The van der Waals surface area contributed by atoms with Gasteiger partial charge in [-0.2, -0.15) is 0 Å². The van der Waals surface area contributed by atoms with Gasteiger partial charge in [-0.3, -0.25) is 0 Å². The van der Waals surface area contributed by atoms with Crippen molar-refractivity contribution in [2.75, 3.05) is 13.2 Å². The molecule has 0 amide bonds. The number of hydrogen-bond donors (Lipinski definition) is 1. The van der Waals surface area contributed by atoms with Crippen LogP contribution in [0.2, 0.25) is 0 Å². The predicted molar refractivity (Wildman–Crippen MR) is 105 cm³/mol. The number of allylic oxidation sites excluding steroid dienone is 1. The highest BCUT2D eigenvalue weighted by atomic mass is 32.1. The number of benzene rings is 1. The van der Waals surface area contributed by atoms with Crippen LogP contribution in [0.15, 0.2) is 64.3 Å². The molecule has 1 atom stereocenters. The molecule has 0 saturated carbocycles. The smallest absolute Gasteiger partial charge is 0.338 e. The molecule has 0 radical (unpaired) electrons. The average Bonchev–Trinajstić information content (AvgIpc) is 3.28. The second-order valence-electron chi connectivity index (χ2n) is 6.75. The van der Waals surface area contributed by atoms with E-state index in [1.807, 2.05) is 41.8 Å². The highest BCUT2D eigenvalue weighted by Gasteiger charge is 2.43. The molecule has 0 bridgehead atoms. The zero-order valence-electron chi connectivity index (χ0n) is 15.4. The van der Waals surface area contributed by atoms with Crippen molar-refractivity contribution in [2.24, 2.45) is 0 Å². The van der Waals surface area contributed by atoms with Gasteiger partial charge >= 0.3 is 11.9 Å². The van der Waals surface area contributed by atoms with E-state index >= 15 is 0 Å². The van der Waals surface area contributed by atoms with Crippen LogP contribution < -0.4 is 0 Å². The van der Waals surface area contributed by atoms with Crippen LogP contribution in [0.3, 0.4) is 0 Å². The molecule has 0 spiro atoms. The van der Waals surface area contributed by atoms with Crippen LogP contribution in [0.5, 0.6) is 0 Å². The maximum Gasteiger partial charge on any atom is 0.338 e. The van der Waals surface area contributed by atoms with Crippen molar-refractivity contribution in [2.45, 2.75) is 25.7 Å². The van der Waals surface area contributed by atoms with E-state index in [0.29, 0.717) is 12.0 Å². The third kappa shape index (κ3) is 3.24. The summed E-state index contributed by atoms with van der Waals surface area (Å²) in [6, 6.07) is 11.9. The van der Waals surface area contributed by atoms with E-state index in [1.165, 1.54) is 0 Å². The molecule has 4 rings (SSSR count). The number of aliphatic hydroxyl groups is 1. The Labute approximate surface area is 166 Å². The highest BCUT2D eigenvalue weighted by molar-refractivity contribution is 7.10. The lowest BCUT2D eigenvalue weighted by Gasteiger charge is -2.26. The van der Waals surface area contributed by atoms with Crippen molar-refractivity contribution < 1.29 is 24.2 Å². The number of cyclic esters (lactones) is 1. The third-order valence-electron chi connectivity index (χ3n) is 5.04. The molecule has 1 aromatic carbocycles. The normalized spacial score (nSPS) is 18.9. The van der Waals surface area contributed by atoms with Crippen molar-refractivity contribution >= 4 is 23.3 Å². The largest absolute Gasteiger partial charge is 0.511 e. The molecule has 2 heterocycles. The van der Waals surface area contributed by atoms with Gasteiger partial charge in [0, 0.05) is 17.7 Å². The summed E-state index contributed by atoms with van der Waals surface area (Å²) in [6.07, 6.45) is 0.822. The molecule has 0 fully saturated rings. The Morgan fingerprint density at radius 2 is 2.07 bits per heavy atom. The van der Waals surface area contributed by atoms with E-state index in [9.17, 15) is 14.7 Å². The average molecular weight is 396 g/mol. The van der Waals surface area contributed by atoms with Gasteiger partial charge in [-0.15, -0.1) is 11.3 Å². The molecule has 2 aromatic rings. The Morgan fingerprint density at radius 3 is 2.82 bits per heavy atom. The molecular formula is C22H20O5S. The quantitative estimate of drug-likeness (QED) is 0.772. The van der Waals surface area contributed by atoms with Gasteiger partial charge < -0.3 is 14.6 Å². The Morgan fingerprint density at radius 1 is 1.29 bits per heavy atom. The maximum atomic E-state index is 12.7. The minimum atomic E-state index is -0.664. The summed E-state index contributed by atoms with van der Waals surface area (Å²) in [5.74, 6) is -1.72. The minimum Gasteiger partial charge on any atom is -0.511 e. The van der Waals surface area contributed by atoms with Crippen molar-refractivity contribution in [3.8, 4) is 0 Å². The molecule has 0 saturated heterocycles. The summed E-state index contributed by atoms with van der Waals surface area (Å²) >= 11 is 1.57. The minimum absolute atomic E-state index is 0.0441. The first-order valence-corrected chi connectivity index (χ1v) is 10.1. The standard InChI is InChI=1S/C22H20O5S/c1-2-26-22(25)20-16(23)11-14-12-27-21(24)18(14)19(20)15-8-9-28-17(15)10-13-6-4-3-5-7-13/h3-9,19,23H,2,10-12H2,1H3. The molecular weight excluding hydrogens is 376 g/mol. The van der Waals surface area contributed by atoms with Crippen molar-refractivity contribution in [3.05, 3.63) is 80.3 Å². The molecule has 1 aliphatic carbocycles. The number of ether oxygens (including phenoxy) is 2. The lowest BCUT2D eigenvalue weighted by Crippen LogP contribution is -2.24. The van der Waals surface area contributed by atoms with Crippen LogP contribution in [0, 0.1) is 0 Å². The molecule has 1 aromatic heterocycles. The molecule has 2 aliphatic rings. The fourth-order valence-corrected chi connectivity index (χ4v) is 4.77. The molecule has 6 heteroatoms. The summed E-state index contributed by atoms with van der Waals surface area (Å²) in [5.41, 5.74) is 3.32. The van der Waals surface area contributed by atoms with E-state index < -0.39 is 17.9 Å². The zero-order chi connectivity index (χ0) is 19.7. The van der Waals surface area contributed by atoms with E-state index in [1.54, 1.807) is 18.3 Å². The summed E-state index contributed by atoms with van der Waals surface area (Å²) in [6.45, 7) is 2.06. The Hall–Kier alpha value is -2.86. The van der Waals surface area contributed by atoms with Gasteiger partial charge in [-0.05, 0) is 35.1 Å².